The van der Waals surface area contributed by atoms with Gasteiger partial charge in [0.2, 0.25) is 5.88 Å². The largest absolute Gasteiger partial charge is 0.494 e. The van der Waals surface area contributed by atoms with Crippen LogP contribution in [0, 0.1) is 0 Å². The summed E-state index contributed by atoms with van der Waals surface area (Å²) >= 11 is 0. The van der Waals surface area contributed by atoms with Crippen LogP contribution in [0.3, 0.4) is 0 Å². The quantitative estimate of drug-likeness (QED) is 0.485. The fourth-order valence-corrected chi connectivity index (χ4v) is 3.44. The first-order valence-electron chi connectivity index (χ1n) is 7.53. The van der Waals surface area contributed by atoms with E-state index in [1.165, 1.54) is 12.6 Å². The number of aromatic amines is 2. The van der Waals surface area contributed by atoms with Gasteiger partial charge in [0.05, 0.1) is 12.2 Å². The topological polar surface area (TPSA) is 107 Å². The number of hydrogen-bond donors (Lipinski definition) is 4. The van der Waals surface area contributed by atoms with Gasteiger partial charge in [0.1, 0.15) is 5.56 Å². The molecular formula is C16H17N4O3+. The molecule has 1 atom stereocenters. The Kier molecular flexibility index (Phi) is 2.92. The van der Waals surface area contributed by atoms with Gasteiger partial charge in [-0.15, -0.1) is 0 Å². The molecule has 0 spiro atoms. The summed E-state index contributed by atoms with van der Waals surface area (Å²) in [7, 11) is 1.44. The molecule has 0 amide bonds. The molecule has 118 valence electrons. The van der Waals surface area contributed by atoms with Crippen LogP contribution in [0.4, 0.5) is 0 Å². The fraction of sp³-hybridized carbons (Fsp3) is 0.250. The van der Waals surface area contributed by atoms with Crippen LogP contribution in [0.1, 0.15) is 22.9 Å². The van der Waals surface area contributed by atoms with Gasteiger partial charge < -0.3 is 15.4 Å². The van der Waals surface area contributed by atoms with Crippen molar-refractivity contribution in [2.45, 2.75) is 12.5 Å². The van der Waals surface area contributed by atoms with Crippen molar-refractivity contribution in [3.05, 3.63) is 61.9 Å². The number of para-hydroxylation sites is 1. The Morgan fingerprint density at radius 3 is 2.87 bits per heavy atom. The third kappa shape index (κ3) is 1.93. The Labute approximate surface area is 130 Å². The minimum absolute atomic E-state index is 0.208. The van der Waals surface area contributed by atoms with E-state index in [1.54, 1.807) is 0 Å². The number of rotatable bonds is 1. The molecule has 0 saturated carbocycles. The molecule has 1 aromatic carbocycles. The van der Waals surface area contributed by atoms with Crippen LogP contribution in [0.25, 0.3) is 10.9 Å². The SMILES string of the molecule is Cn1c(O)c([C@@H]2[NH2+]CCc3c2[nH]c2ccccc32)c(=O)[nH]c1=O. The van der Waals surface area contributed by atoms with Crippen LogP contribution in [0.5, 0.6) is 5.88 Å². The van der Waals surface area contributed by atoms with Crippen molar-refractivity contribution in [1.29, 1.82) is 0 Å². The first-order valence-corrected chi connectivity index (χ1v) is 7.53. The number of fused-ring (bicyclic) bond motifs is 3. The Balaban J connectivity index is 1.99. The number of nitrogens with two attached hydrogens (primary N) is 1. The first-order chi connectivity index (χ1) is 11.1. The smallest absolute Gasteiger partial charge is 0.330 e. The van der Waals surface area contributed by atoms with Gasteiger partial charge in [-0.3, -0.25) is 14.3 Å². The van der Waals surface area contributed by atoms with Crippen LogP contribution in [0.15, 0.2) is 33.9 Å². The van der Waals surface area contributed by atoms with Crippen LogP contribution in [-0.4, -0.2) is 26.2 Å². The number of benzene rings is 1. The Hall–Kier alpha value is -2.80. The van der Waals surface area contributed by atoms with Gasteiger partial charge in [0, 0.05) is 24.4 Å². The minimum Gasteiger partial charge on any atom is -0.494 e. The van der Waals surface area contributed by atoms with Crippen LogP contribution >= 0.6 is 0 Å². The van der Waals surface area contributed by atoms with E-state index >= 15 is 0 Å². The maximum absolute atomic E-state index is 12.3. The lowest BCUT2D eigenvalue weighted by Gasteiger charge is -2.21. The molecule has 1 aliphatic heterocycles. The lowest BCUT2D eigenvalue weighted by Crippen LogP contribution is -2.87. The predicted molar refractivity (Wildman–Crippen MR) is 84.6 cm³/mol. The second-order valence-electron chi connectivity index (χ2n) is 5.87. The Bertz CT molecular complexity index is 1030. The highest BCUT2D eigenvalue weighted by molar-refractivity contribution is 5.85. The summed E-state index contributed by atoms with van der Waals surface area (Å²) in [6.07, 6.45) is 0.889. The summed E-state index contributed by atoms with van der Waals surface area (Å²) in [6.45, 7) is 0.807. The highest BCUT2D eigenvalue weighted by Gasteiger charge is 2.33. The van der Waals surface area contributed by atoms with E-state index < -0.39 is 11.2 Å². The van der Waals surface area contributed by atoms with E-state index in [9.17, 15) is 14.7 Å². The van der Waals surface area contributed by atoms with E-state index in [1.807, 2.05) is 23.5 Å². The molecule has 0 bridgehead atoms. The summed E-state index contributed by atoms with van der Waals surface area (Å²) in [5.41, 5.74) is 2.14. The lowest BCUT2D eigenvalue weighted by molar-refractivity contribution is -0.690. The molecule has 0 radical (unpaired) electrons. The Morgan fingerprint density at radius 1 is 1.26 bits per heavy atom. The molecule has 4 rings (SSSR count). The molecule has 0 aliphatic carbocycles. The van der Waals surface area contributed by atoms with Gasteiger partial charge >= 0.3 is 5.69 Å². The highest BCUT2D eigenvalue weighted by Crippen LogP contribution is 2.31. The maximum Gasteiger partial charge on any atom is 0.330 e. The van der Waals surface area contributed by atoms with Crippen molar-refractivity contribution in [3.8, 4) is 5.88 Å². The zero-order valence-corrected chi connectivity index (χ0v) is 12.6. The van der Waals surface area contributed by atoms with E-state index in [-0.39, 0.29) is 17.5 Å². The number of nitrogens with one attached hydrogen (secondary N) is 2. The molecule has 2 aromatic heterocycles. The summed E-state index contributed by atoms with van der Waals surface area (Å²) in [5.74, 6) is -0.286. The van der Waals surface area contributed by atoms with Gasteiger partial charge in [-0.25, -0.2) is 4.79 Å². The minimum atomic E-state index is -0.621. The summed E-state index contributed by atoms with van der Waals surface area (Å²) in [5, 5.41) is 13.5. The number of aromatic hydroxyl groups is 1. The van der Waals surface area contributed by atoms with Crippen molar-refractivity contribution in [2.24, 2.45) is 7.05 Å². The van der Waals surface area contributed by atoms with Crippen molar-refractivity contribution in [1.82, 2.24) is 14.5 Å². The fourth-order valence-electron chi connectivity index (χ4n) is 3.44. The molecule has 0 saturated heterocycles. The number of quaternary nitrogens is 1. The molecule has 7 heteroatoms. The average Bonchev–Trinajstić information content (AvgIpc) is 2.92. The van der Waals surface area contributed by atoms with Gasteiger partial charge in [-0.1, -0.05) is 18.2 Å². The molecule has 1 aliphatic rings. The van der Waals surface area contributed by atoms with Crippen LogP contribution < -0.4 is 16.6 Å². The normalized spacial score (nSPS) is 17.3. The number of hydrogen-bond acceptors (Lipinski definition) is 3. The van der Waals surface area contributed by atoms with Gasteiger partial charge in [-0.05, 0) is 11.6 Å². The van der Waals surface area contributed by atoms with Crippen LogP contribution in [0.2, 0.25) is 0 Å². The van der Waals surface area contributed by atoms with E-state index in [0.29, 0.717) is 0 Å². The molecular weight excluding hydrogens is 296 g/mol. The average molecular weight is 313 g/mol. The third-order valence-corrected chi connectivity index (χ3v) is 4.59. The lowest BCUT2D eigenvalue weighted by atomic mass is 9.95. The van der Waals surface area contributed by atoms with Crippen molar-refractivity contribution in [3.63, 3.8) is 0 Å². The number of nitrogens with zero attached hydrogens (tertiary/aromatic N) is 1. The summed E-state index contributed by atoms with van der Waals surface area (Å²) in [4.78, 5) is 29.5. The number of aromatic nitrogens is 3. The first kappa shape index (κ1) is 13.8. The highest BCUT2D eigenvalue weighted by atomic mass is 16.3. The van der Waals surface area contributed by atoms with Gasteiger partial charge in [-0.2, -0.15) is 0 Å². The summed E-state index contributed by atoms with van der Waals surface area (Å²) < 4.78 is 1.06. The summed E-state index contributed by atoms with van der Waals surface area (Å²) in [6, 6.07) is 7.63. The molecule has 7 nitrogen and oxygen atoms in total. The molecule has 3 heterocycles. The van der Waals surface area contributed by atoms with E-state index in [4.69, 9.17) is 0 Å². The zero-order valence-electron chi connectivity index (χ0n) is 12.6. The van der Waals surface area contributed by atoms with Crippen molar-refractivity contribution < 1.29 is 10.4 Å². The van der Waals surface area contributed by atoms with Crippen molar-refractivity contribution >= 4 is 10.9 Å². The maximum atomic E-state index is 12.3. The molecule has 3 aromatic rings. The zero-order chi connectivity index (χ0) is 16.1. The second-order valence-corrected chi connectivity index (χ2v) is 5.87. The molecule has 0 unspecified atom stereocenters. The van der Waals surface area contributed by atoms with Crippen LogP contribution in [-0.2, 0) is 13.5 Å². The predicted octanol–water partition coefficient (Wildman–Crippen LogP) is -0.531. The van der Waals surface area contributed by atoms with Gasteiger partial charge in [0.25, 0.3) is 5.56 Å². The molecule has 0 fully saturated rings. The van der Waals surface area contributed by atoms with Gasteiger partial charge in [0.15, 0.2) is 6.04 Å². The van der Waals surface area contributed by atoms with Crippen molar-refractivity contribution in [2.75, 3.05) is 6.54 Å². The molecule has 23 heavy (non-hydrogen) atoms. The Morgan fingerprint density at radius 2 is 2.04 bits per heavy atom. The van der Waals surface area contributed by atoms with E-state index in [0.717, 1.165) is 34.1 Å². The standard InChI is InChI=1S/C16H16N4O3/c1-20-15(22)11(14(21)19-16(20)23)13-12-9(6-7-17-13)8-4-2-3-5-10(8)18-12/h2-5,13,17-18,22H,6-7H2,1H3,(H,19,21,23)/p+1/t13-/m0/s1. The third-order valence-electron chi connectivity index (χ3n) is 4.59. The second kappa shape index (κ2) is 4.85. The monoisotopic (exact) mass is 313 g/mol. The molecule has 5 N–H and O–H groups in total. The van der Waals surface area contributed by atoms with E-state index in [2.05, 4.69) is 16.0 Å². The number of H-pyrrole nitrogens is 2.